The summed E-state index contributed by atoms with van der Waals surface area (Å²) in [7, 11) is 0. The molecule has 0 spiro atoms. The third kappa shape index (κ3) is 3.01. The molecule has 0 aromatic heterocycles. The molecule has 0 aliphatic carbocycles. The van der Waals surface area contributed by atoms with Crippen LogP contribution in [0, 0.1) is 17.6 Å². The fourth-order valence-corrected chi connectivity index (χ4v) is 4.29. The Labute approximate surface area is 153 Å². The van der Waals surface area contributed by atoms with E-state index in [2.05, 4.69) is 37.4 Å². The van der Waals surface area contributed by atoms with E-state index in [9.17, 15) is 8.78 Å². The normalized spacial score (nSPS) is 25.8. The Bertz CT molecular complexity index is 807. The summed E-state index contributed by atoms with van der Waals surface area (Å²) >= 11 is 0. The maximum Gasteiger partial charge on any atom is 0.131 e. The van der Waals surface area contributed by atoms with E-state index in [-0.39, 0.29) is 18.1 Å². The van der Waals surface area contributed by atoms with Crippen molar-refractivity contribution in [3.05, 3.63) is 64.7 Å². The summed E-state index contributed by atoms with van der Waals surface area (Å²) in [6.45, 7) is 5.15. The lowest BCUT2D eigenvalue weighted by Gasteiger charge is -2.43. The second-order valence-corrected chi connectivity index (χ2v) is 7.54. The smallest absolute Gasteiger partial charge is 0.131 e. The number of rotatable bonds is 3. The molecule has 26 heavy (non-hydrogen) atoms. The summed E-state index contributed by atoms with van der Waals surface area (Å²) in [5.74, 6) is -0.401. The maximum absolute atomic E-state index is 14.5. The molecule has 4 rings (SSSR count). The van der Waals surface area contributed by atoms with Gasteiger partial charge in [-0.15, -0.1) is 0 Å². The van der Waals surface area contributed by atoms with Crippen molar-refractivity contribution in [3.8, 4) is 0 Å². The fourth-order valence-electron chi connectivity index (χ4n) is 4.29. The van der Waals surface area contributed by atoms with Crippen LogP contribution in [0.1, 0.15) is 67.9 Å². The van der Waals surface area contributed by atoms with E-state index in [0.29, 0.717) is 11.5 Å². The standard InChI is InChI=1S/C22H25F2NO/c1-3-13(2)14-6-9-20-18(11-14)22-17(5-4-10-26-22)21(25-20)16-8-7-15(23)12-19(16)24/h6-9,11-13,17,21-22,25H,3-5,10H2,1-2H3. The fraction of sp³-hybridized carbons (Fsp3) is 0.455. The Balaban J connectivity index is 1.76. The van der Waals surface area contributed by atoms with Crippen molar-refractivity contribution in [1.82, 2.24) is 0 Å². The molecule has 0 saturated carbocycles. The van der Waals surface area contributed by atoms with Gasteiger partial charge < -0.3 is 10.1 Å². The predicted molar refractivity (Wildman–Crippen MR) is 99.3 cm³/mol. The summed E-state index contributed by atoms with van der Waals surface area (Å²) in [5.41, 5.74) is 4.00. The van der Waals surface area contributed by atoms with Crippen LogP contribution in [0.2, 0.25) is 0 Å². The zero-order chi connectivity index (χ0) is 18.3. The van der Waals surface area contributed by atoms with Crippen molar-refractivity contribution in [1.29, 1.82) is 0 Å². The minimum Gasteiger partial charge on any atom is -0.377 e. The van der Waals surface area contributed by atoms with Crippen molar-refractivity contribution in [2.75, 3.05) is 11.9 Å². The summed E-state index contributed by atoms with van der Waals surface area (Å²) in [6.07, 6.45) is 2.97. The Morgan fingerprint density at radius 2 is 2.00 bits per heavy atom. The number of hydrogen-bond donors (Lipinski definition) is 1. The third-order valence-corrected chi connectivity index (χ3v) is 5.97. The highest BCUT2D eigenvalue weighted by Gasteiger charge is 2.40. The molecule has 0 amide bonds. The first-order chi connectivity index (χ1) is 12.6. The van der Waals surface area contributed by atoms with E-state index in [1.807, 2.05) is 0 Å². The molecule has 4 atom stereocenters. The lowest BCUT2D eigenvalue weighted by atomic mass is 9.76. The zero-order valence-electron chi connectivity index (χ0n) is 15.3. The highest BCUT2D eigenvalue weighted by molar-refractivity contribution is 5.58. The van der Waals surface area contributed by atoms with Gasteiger partial charge in [-0.1, -0.05) is 32.0 Å². The Morgan fingerprint density at radius 1 is 1.15 bits per heavy atom. The van der Waals surface area contributed by atoms with Gasteiger partial charge in [-0.3, -0.25) is 0 Å². The summed E-state index contributed by atoms with van der Waals surface area (Å²) in [4.78, 5) is 0. The van der Waals surface area contributed by atoms with Crippen LogP contribution in [0.25, 0.3) is 0 Å². The van der Waals surface area contributed by atoms with Gasteiger partial charge in [0.25, 0.3) is 0 Å². The van der Waals surface area contributed by atoms with E-state index in [0.717, 1.165) is 37.6 Å². The molecule has 1 fully saturated rings. The van der Waals surface area contributed by atoms with Crippen LogP contribution >= 0.6 is 0 Å². The largest absolute Gasteiger partial charge is 0.377 e. The number of hydrogen-bond acceptors (Lipinski definition) is 2. The van der Waals surface area contributed by atoms with Crippen LogP contribution in [0.15, 0.2) is 36.4 Å². The average molecular weight is 357 g/mol. The molecule has 138 valence electrons. The Hall–Kier alpha value is -1.94. The molecular weight excluding hydrogens is 332 g/mol. The van der Waals surface area contributed by atoms with Crippen molar-refractivity contribution < 1.29 is 13.5 Å². The second-order valence-electron chi connectivity index (χ2n) is 7.54. The van der Waals surface area contributed by atoms with Gasteiger partial charge in [-0.2, -0.15) is 0 Å². The number of anilines is 1. The van der Waals surface area contributed by atoms with Crippen molar-refractivity contribution in [2.45, 2.75) is 51.2 Å². The monoisotopic (exact) mass is 357 g/mol. The summed E-state index contributed by atoms with van der Waals surface area (Å²) in [6, 6.07) is 10.1. The third-order valence-electron chi connectivity index (χ3n) is 5.97. The Kier molecular flexibility index (Phi) is 4.70. The minimum atomic E-state index is -0.544. The lowest BCUT2D eigenvalue weighted by molar-refractivity contribution is -0.0384. The molecule has 2 aliphatic heterocycles. The van der Waals surface area contributed by atoms with Crippen LogP contribution in [-0.2, 0) is 4.74 Å². The van der Waals surface area contributed by atoms with Gasteiger partial charge in [0.15, 0.2) is 0 Å². The van der Waals surface area contributed by atoms with Gasteiger partial charge in [0, 0.05) is 35.4 Å². The van der Waals surface area contributed by atoms with E-state index in [1.165, 1.54) is 17.2 Å². The number of nitrogens with one attached hydrogen (secondary N) is 1. The number of fused-ring (bicyclic) bond motifs is 3. The van der Waals surface area contributed by atoms with E-state index < -0.39 is 11.6 Å². The number of ether oxygens (including phenoxy) is 1. The SMILES string of the molecule is CCC(C)c1ccc2c(c1)C1OCCCC1C(c1ccc(F)cc1F)N2. The summed E-state index contributed by atoms with van der Waals surface area (Å²) in [5, 5.41) is 3.51. The van der Waals surface area contributed by atoms with Crippen LogP contribution in [0.4, 0.5) is 14.5 Å². The number of benzene rings is 2. The highest BCUT2D eigenvalue weighted by Crippen LogP contribution is 2.50. The molecule has 0 radical (unpaired) electrons. The van der Waals surface area contributed by atoms with Crippen LogP contribution in [0.5, 0.6) is 0 Å². The average Bonchev–Trinajstić information content (AvgIpc) is 2.66. The van der Waals surface area contributed by atoms with Gasteiger partial charge in [0.1, 0.15) is 11.6 Å². The predicted octanol–water partition coefficient (Wildman–Crippen LogP) is 6.11. The first-order valence-electron chi connectivity index (χ1n) is 9.55. The molecule has 0 bridgehead atoms. The minimum absolute atomic E-state index is 0.0431. The lowest BCUT2D eigenvalue weighted by Crippen LogP contribution is -2.36. The van der Waals surface area contributed by atoms with Crippen molar-refractivity contribution >= 4 is 5.69 Å². The molecule has 4 unspecified atom stereocenters. The molecule has 2 aromatic rings. The Morgan fingerprint density at radius 3 is 2.77 bits per heavy atom. The van der Waals surface area contributed by atoms with E-state index in [1.54, 1.807) is 6.07 Å². The summed E-state index contributed by atoms with van der Waals surface area (Å²) < 4.78 is 34.0. The van der Waals surface area contributed by atoms with Gasteiger partial charge in [-0.25, -0.2) is 8.78 Å². The second kappa shape index (κ2) is 6.99. The van der Waals surface area contributed by atoms with Gasteiger partial charge in [-0.05, 0) is 42.9 Å². The highest BCUT2D eigenvalue weighted by atomic mass is 19.1. The molecule has 2 heterocycles. The molecule has 1 saturated heterocycles. The molecule has 1 N–H and O–H groups in total. The van der Waals surface area contributed by atoms with Crippen LogP contribution in [0.3, 0.4) is 0 Å². The molecule has 2 nitrogen and oxygen atoms in total. The van der Waals surface area contributed by atoms with Crippen LogP contribution in [-0.4, -0.2) is 6.61 Å². The zero-order valence-corrected chi connectivity index (χ0v) is 15.3. The topological polar surface area (TPSA) is 21.3 Å². The van der Waals surface area contributed by atoms with Gasteiger partial charge >= 0.3 is 0 Å². The van der Waals surface area contributed by atoms with Crippen LogP contribution < -0.4 is 5.32 Å². The molecule has 4 heteroatoms. The van der Waals surface area contributed by atoms with Crippen molar-refractivity contribution in [3.63, 3.8) is 0 Å². The van der Waals surface area contributed by atoms with Gasteiger partial charge in [0.05, 0.1) is 12.1 Å². The van der Waals surface area contributed by atoms with Crippen molar-refractivity contribution in [2.24, 2.45) is 5.92 Å². The first kappa shape index (κ1) is 17.5. The first-order valence-corrected chi connectivity index (χ1v) is 9.55. The molecule has 2 aromatic carbocycles. The van der Waals surface area contributed by atoms with Gasteiger partial charge in [0.2, 0.25) is 0 Å². The molecular formula is C22H25F2NO. The number of halogens is 2. The van der Waals surface area contributed by atoms with E-state index >= 15 is 0 Å². The molecule has 2 aliphatic rings. The van der Waals surface area contributed by atoms with E-state index in [4.69, 9.17) is 4.74 Å². The maximum atomic E-state index is 14.5. The quantitative estimate of drug-likeness (QED) is 0.715.